The number of hydrogen-bond acceptors (Lipinski definition) is 4. The number of aromatic amines is 1. The summed E-state index contributed by atoms with van der Waals surface area (Å²) >= 11 is 5.23. The molecule has 0 saturated carbocycles. The van der Waals surface area contributed by atoms with Crippen LogP contribution in [0.2, 0.25) is 0 Å². The van der Waals surface area contributed by atoms with Crippen molar-refractivity contribution in [3.63, 3.8) is 0 Å². The number of aryl methyl sites for hydroxylation is 1. The standard InChI is InChI=1S/C17H16N4O2S/c1-11-5-4-6-12(9-11)16-19-20-17(24)21(16)10-15(23)18-13-7-2-3-8-14(13)22/h2-9,22H,10H2,1H3,(H,18,23)(H,20,24). The second-order valence-electron chi connectivity index (χ2n) is 5.37. The summed E-state index contributed by atoms with van der Waals surface area (Å²) in [5, 5.41) is 19.4. The molecule has 3 aromatic rings. The van der Waals surface area contributed by atoms with Gasteiger partial charge in [-0.2, -0.15) is 5.10 Å². The summed E-state index contributed by atoms with van der Waals surface area (Å²) in [6.45, 7) is 1.98. The summed E-state index contributed by atoms with van der Waals surface area (Å²) < 4.78 is 1.98. The maximum Gasteiger partial charge on any atom is 0.244 e. The van der Waals surface area contributed by atoms with E-state index in [1.165, 1.54) is 6.07 Å². The summed E-state index contributed by atoms with van der Waals surface area (Å²) in [6.07, 6.45) is 0. The normalized spacial score (nSPS) is 10.5. The highest BCUT2D eigenvalue weighted by Gasteiger charge is 2.13. The molecule has 3 rings (SSSR count). The van der Waals surface area contributed by atoms with Gasteiger partial charge in [0.05, 0.1) is 5.69 Å². The fourth-order valence-corrected chi connectivity index (χ4v) is 2.58. The maximum atomic E-state index is 12.3. The smallest absolute Gasteiger partial charge is 0.244 e. The summed E-state index contributed by atoms with van der Waals surface area (Å²) in [6, 6.07) is 14.4. The number of phenolic OH excluding ortho intramolecular Hbond substituents is 1. The Bertz CT molecular complexity index is 946. The SMILES string of the molecule is Cc1cccc(-c2n[nH]c(=S)n2CC(=O)Nc2ccccc2O)c1. The number of phenols is 1. The molecule has 0 atom stereocenters. The van der Waals surface area contributed by atoms with Crippen LogP contribution in [0.5, 0.6) is 5.75 Å². The third-order valence-electron chi connectivity index (χ3n) is 3.51. The minimum Gasteiger partial charge on any atom is -0.506 e. The molecule has 6 nitrogen and oxygen atoms in total. The average Bonchev–Trinajstić information content (AvgIpc) is 2.91. The number of amides is 1. The number of hydrogen-bond donors (Lipinski definition) is 3. The minimum atomic E-state index is -0.303. The zero-order valence-electron chi connectivity index (χ0n) is 13.0. The molecule has 0 unspecified atom stereocenters. The van der Waals surface area contributed by atoms with E-state index in [-0.39, 0.29) is 18.2 Å². The fourth-order valence-electron chi connectivity index (χ4n) is 2.38. The molecule has 122 valence electrons. The average molecular weight is 340 g/mol. The van der Waals surface area contributed by atoms with E-state index in [1.807, 2.05) is 31.2 Å². The Morgan fingerprint density at radius 1 is 1.29 bits per heavy atom. The minimum absolute atomic E-state index is 0.00700. The van der Waals surface area contributed by atoms with Crippen LogP contribution in [0.15, 0.2) is 48.5 Å². The Balaban J connectivity index is 1.86. The number of benzene rings is 2. The van der Waals surface area contributed by atoms with Crippen molar-refractivity contribution in [2.45, 2.75) is 13.5 Å². The molecule has 0 radical (unpaired) electrons. The Kier molecular flexibility index (Phi) is 4.43. The second-order valence-corrected chi connectivity index (χ2v) is 5.76. The first-order valence-electron chi connectivity index (χ1n) is 7.34. The lowest BCUT2D eigenvalue weighted by atomic mass is 10.1. The van der Waals surface area contributed by atoms with Gasteiger partial charge in [0.1, 0.15) is 12.3 Å². The predicted molar refractivity (Wildman–Crippen MR) is 94.3 cm³/mol. The van der Waals surface area contributed by atoms with E-state index in [0.717, 1.165) is 11.1 Å². The number of aromatic hydroxyl groups is 1. The van der Waals surface area contributed by atoms with Crippen LogP contribution in [0, 0.1) is 11.7 Å². The third kappa shape index (κ3) is 3.36. The van der Waals surface area contributed by atoms with Gasteiger partial charge in [-0.15, -0.1) is 0 Å². The Morgan fingerprint density at radius 2 is 2.08 bits per heavy atom. The molecule has 3 N–H and O–H groups in total. The molecule has 1 amide bonds. The van der Waals surface area contributed by atoms with E-state index in [4.69, 9.17) is 12.2 Å². The molecule has 2 aromatic carbocycles. The number of para-hydroxylation sites is 2. The molecule has 0 aliphatic rings. The number of rotatable bonds is 4. The van der Waals surface area contributed by atoms with Gasteiger partial charge >= 0.3 is 0 Å². The van der Waals surface area contributed by atoms with Crippen LogP contribution in [0.25, 0.3) is 11.4 Å². The summed E-state index contributed by atoms with van der Waals surface area (Å²) in [5.74, 6) is 0.305. The van der Waals surface area contributed by atoms with Gasteiger partial charge in [0.25, 0.3) is 0 Å². The molecule has 0 fully saturated rings. The van der Waals surface area contributed by atoms with E-state index < -0.39 is 0 Å². The fraction of sp³-hybridized carbons (Fsp3) is 0.118. The lowest BCUT2D eigenvalue weighted by Crippen LogP contribution is -2.19. The first-order chi connectivity index (χ1) is 11.5. The molecule has 0 aliphatic heterocycles. The number of anilines is 1. The van der Waals surface area contributed by atoms with Crippen molar-refractivity contribution < 1.29 is 9.90 Å². The van der Waals surface area contributed by atoms with Crippen LogP contribution in [0.3, 0.4) is 0 Å². The molecule has 1 aromatic heterocycles. The zero-order chi connectivity index (χ0) is 17.1. The van der Waals surface area contributed by atoms with Crippen LogP contribution in [-0.4, -0.2) is 25.8 Å². The first-order valence-corrected chi connectivity index (χ1v) is 7.75. The topological polar surface area (TPSA) is 82.9 Å². The van der Waals surface area contributed by atoms with Crippen LogP contribution >= 0.6 is 12.2 Å². The molecule has 24 heavy (non-hydrogen) atoms. The monoisotopic (exact) mass is 340 g/mol. The van der Waals surface area contributed by atoms with Gasteiger partial charge in [-0.3, -0.25) is 14.5 Å². The van der Waals surface area contributed by atoms with E-state index >= 15 is 0 Å². The second kappa shape index (κ2) is 6.67. The van der Waals surface area contributed by atoms with Gasteiger partial charge in [-0.1, -0.05) is 35.9 Å². The number of nitrogens with zero attached hydrogens (tertiary/aromatic N) is 2. The van der Waals surface area contributed by atoms with E-state index in [0.29, 0.717) is 16.3 Å². The summed E-state index contributed by atoms with van der Waals surface area (Å²) in [4.78, 5) is 12.3. The molecule has 0 bridgehead atoms. The van der Waals surface area contributed by atoms with Crippen LogP contribution < -0.4 is 5.32 Å². The van der Waals surface area contributed by atoms with Crippen molar-refractivity contribution in [2.24, 2.45) is 0 Å². The van der Waals surface area contributed by atoms with Gasteiger partial charge in [0, 0.05) is 5.56 Å². The lowest BCUT2D eigenvalue weighted by molar-refractivity contribution is -0.116. The number of nitrogens with one attached hydrogen (secondary N) is 2. The van der Waals surface area contributed by atoms with Crippen molar-refractivity contribution >= 4 is 23.8 Å². The number of H-pyrrole nitrogens is 1. The zero-order valence-corrected chi connectivity index (χ0v) is 13.8. The van der Waals surface area contributed by atoms with Crippen molar-refractivity contribution in [3.8, 4) is 17.1 Å². The Morgan fingerprint density at radius 3 is 2.83 bits per heavy atom. The quantitative estimate of drug-likeness (QED) is 0.503. The molecular weight excluding hydrogens is 324 g/mol. The van der Waals surface area contributed by atoms with Gasteiger partial charge in [-0.25, -0.2) is 0 Å². The number of aromatic nitrogens is 3. The Hall–Kier alpha value is -2.93. The van der Waals surface area contributed by atoms with E-state index in [9.17, 15) is 9.90 Å². The Labute approximate surface area is 143 Å². The number of carbonyl (C=O) groups is 1. The van der Waals surface area contributed by atoms with Crippen molar-refractivity contribution in [3.05, 3.63) is 58.9 Å². The van der Waals surface area contributed by atoms with Gasteiger partial charge in [-0.05, 0) is 37.3 Å². The van der Waals surface area contributed by atoms with Crippen LogP contribution in [0.4, 0.5) is 5.69 Å². The van der Waals surface area contributed by atoms with Crippen LogP contribution in [-0.2, 0) is 11.3 Å². The highest BCUT2D eigenvalue weighted by atomic mass is 32.1. The maximum absolute atomic E-state index is 12.3. The van der Waals surface area contributed by atoms with Crippen molar-refractivity contribution in [2.75, 3.05) is 5.32 Å². The number of carbonyl (C=O) groups excluding carboxylic acids is 1. The molecular formula is C17H16N4O2S. The molecule has 0 aliphatic carbocycles. The highest BCUT2D eigenvalue weighted by molar-refractivity contribution is 7.71. The van der Waals surface area contributed by atoms with Crippen molar-refractivity contribution in [1.29, 1.82) is 0 Å². The van der Waals surface area contributed by atoms with Crippen molar-refractivity contribution in [1.82, 2.24) is 14.8 Å². The van der Waals surface area contributed by atoms with Gasteiger partial charge in [0.2, 0.25) is 5.91 Å². The van der Waals surface area contributed by atoms with Gasteiger partial charge < -0.3 is 10.4 Å². The highest BCUT2D eigenvalue weighted by Crippen LogP contribution is 2.22. The van der Waals surface area contributed by atoms with E-state index in [1.54, 1.807) is 22.8 Å². The largest absolute Gasteiger partial charge is 0.506 e. The van der Waals surface area contributed by atoms with Gasteiger partial charge in [0.15, 0.2) is 10.6 Å². The van der Waals surface area contributed by atoms with Crippen LogP contribution in [0.1, 0.15) is 5.56 Å². The predicted octanol–water partition coefficient (Wildman–Crippen LogP) is 3.26. The molecule has 7 heteroatoms. The molecule has 1 heterocycles. The molecule has 0 spiro atoms. The van der Waals surface area contributed by atoms with E-state index in [2.05, 4.69) is 15.5 Å². The first kappa shape index (κ1) is 15.9. The third-order valence-corrected chi connectivity index (χ3v) is 3.83. The summed E-state index contributed by atoms with van der Waals surface area (Å²) in [7, 11) is 0. The summed E-state index contributed by atoms with van der Waals surface area (Å²) in [5.41, 5.74) is 2.32. The lowest BCUT2D eigenvalue weighted by Gasteiger charge is -2.09. The molecule has 0 saturated heterocycles.